The Bertz CT molecular complexity index is 526. The first-order chi connectivity index (χ1) is 8.48. The zero-order valence-electron chi connectivity index (χ0n) is 9.66. The van der Waals surface area contributed by atoms with Crippen molar-refractivity contribution in [2.45, 2.75) is 13.2 Å². The number of benzene rings is 1. The number of hydrogen-bond acceptors (Lipinski definition) is 5. The van der Waals surface area contributed by atoms with Gasteiger partial charge in [-0.3, -0.25) is 10.5 Å². The molecule has 1 heterocycles. The van der Waals surface area contributed by atoms with E-state index >= 15 is 0 Å². The molecule has 6 nitrogen and oxygen atoms in total. The molecule has 0 saturated heterocycles. The summed E-state index contributed by atoms with van der Waals surface area (Å²) in [6.07, 6.45) is -1.10. The minimum Gasteiger partial charge on any atom is -0.477 e. The molecule has 1 aliphatic rings. The topological polar surface area (TPSA) is 102 Å². The number of hydrogen-bond donors (Lipinski definition) is 2. The Hall–Kier alpha value is -2.21. The van der Waals surface area contributed by atoms with E-state index in [-0.39, 0.29) is 5.71 Å². The highest BCUT2D eigenvalue weighted by Crippen LogP contribution is 2.33. The van der Waals surface area contributed by atoms with E-state index in [0.29, 0.717) is 5.56 Å². The summed E-state index contributed by atoms with van der Waals surface area (Å²) in [5, 5.41) is 12.4. The number of Topliss-reactive ketones (excluding diaryl/α,β-unsaturated/α-hetero) is 1. The first-order valence-electron chi connectivity index (χ1n) is 5.31. The van der Waals surface area contributed by atoms with Crippen molar-refractivity contribution in [1.82, 2.24) is 0 Å². The Balaban J connectivity index is 2.45. The Kier molecular flexibility index (Phi) is 2.88. The Labute approximate surface area is 103 Å². The quantitative estimate of drug-likeness (QED) is 0.764. The molecule has 0 radical (unpaired) electrons. The van der Waals surface area contributed by atoms with E-state index in [0.717, 1.165) is 0 Å². The molecule has 1 aliphatic heterocycles. The SMILES string of the molecule is CC1(C(=O)c2ccccc2)C(C(=O)O)=NOC1N. The fraction of sp³-hybridized carbons (Fsp3) is 0.250. The minimum absolute atomic E-state index is 0.370. The average molecular weight is 248 g/mol. The van der Waals surface area contributed by atoms with E-state index in [1.54, 1.807) is 30.3 Å². The summed E-state index contributed by atoms with van der Waals surface area (Å²) in [4.78, 5) is 28.2. The van der Waals surface area contributed by atoms with Gasteiger partial charge in [-0.15, -0.1) is 0 Å². The third-order valence-electron chi connectivity index (χ3n) is 3.03. The van der Waals surface area contributed by atoms with E-state index in [1.165, 1.54) is 6.92 Å². The predicted octanol–water partition coefficient (Wildman–Crippen LogP) is 0.631. The molecule has 3 N–H and O–H groups in total. The molecule has 0 fully saturated rings. The molecule has 1 aromatic carbocycles. The maximum Gasteiger partial charge on any atom is 0.354 e. The highest BCUT2D eigenvalue weighted by Gasteiger charge is 2.53. The summed E-state index contributed by atoms with van der Waals surface area (Å²) in [6, 6.07) is 8.33. The van der Waals surface area contributed by atoms with Crippen LogP contribution in [-0.4, -0.2) is 28.8 Å². The number of aliphatic carboxylic acids is 1. The van der Waals surface area contributed by atoms with Gasteiger partial charge in [-0.05, 0) is 6.92 Å². The second kappa shape index (κ2) is 4.23. The number of oxime groups is 1. The average Bonchev–Trinajstić information content (AvgIpc) is 2.67. The highest BCUT2D eigenvalue weighted by atomic mass is 16.7. The molecule has 2 unspecified atom stereocenters. The molecule has 0 aromatic heterocycles. The molecule has 18 heavy (non-hydrogen) atoms. The molecule has 0 spiro atoms. The van der Waals surface area contributed by atoms with Gasteiger partial charge in [0.25, 0.3) is 0 Å². The van der Waals surface area contributed by atoms with E-state index < -0.39 is 23.4 Å². The summed E-state index contributed by atoms with van der Waals surface area (Å²) < 4.78 is 0. The van der Waals surface area contributed by atoms with Gasteiger partial charge in [0, 0.05) is 5.56 Å². The maximum atomic E-state index is 12.4. The molecule has 0 amide bonds. The number of carbonyl (C=O) groups excluding carboxylic acids is 1. The van der Waals surface area contributed by atoms with Crippen molar-refractivity contribution in [3.05, 3.63) is 35.9 Å². The zero-order valence-corrected chi connectivity index (χ0v) is 9.66. The van der Waals surface area contributed by atoms with Crippen LogP contribution >= 0.6 is 0 Å². The van der Waals surface area contributed by atoms with Crippen LogP contribution in [0.15, 0.2) is 35.5 Å². The lowest BCUT2D eigenvalue weighted by Gasteiger charge is -2.24. The van der Waals surface area contributed by atoms with Crippen LogP contribution in [-0.2, 0) is 9.63 Å². The number of nitrogens with zero attached hydrogens (tertiary/aromatic N) is 1. The van der Waals surface area contributed by atoms with Crippen LogP contribution in [0.3, 0.4) is 0 Å². The largest absolute Gasteiger partial charge is 0.477 e. The van der Waals surface area contributed by atoms with Crippen LogP contribution in [0.5, 0.6) is 0 Å². The molecule has 2 rings (SSSR count). The lowest BCUT2D eigenvalue weighted by Crippen LogP contribution is -2.50. The molecule has 0 aliphatic carbocycles. The van der Waals surface area contributed by atoms with E-state index in [2.05, 4.69) is 5.16 Å². The number of nitrogens with two attached hydrogens (primary N) is 1. The molecule has 1 aromatic rings. The van der Waals surface area contributed by atoms with Crippen molar-refractivity contribution in [2.75, 3.05) is 0 Å². The van der Waals surface area contributed by atoms with E-state index in [4.69, 9.17) is 15.7 Å². The smallest absolute Gasteiger partial charge is 0.354 e. The van der Waals surface area contributed by atoms with E-state index in [1.807, 2.05) is 0 Å². The van der Waals surface area contributed by atoms with Crippen LogP contribution < -0.4 is 5.73 Å². The Morgan fingerprint density at radius 2 is 2.00 bits per heavy atom. The first-order valence-corrected chi connectivity index (χ1v) is 5.31. The predicted molar refractivity (Wildman–Crippen MR) is 63.0 cm³/mol. The Morgan fingerprint density at radius 3 is 2.56 bits per heavy atom. The molecule has 0 bridgehead atoms. The van der Waals surface area contributed by atoms with Crippen LogP contribution in [0.1, 0.15) is 17.3 Å². The second-order valence-electron chi connectivity index (χ2n) is 4.17. The lowest BCUT2D eigenvalue weighted by molar-refractivity contribution is -0.129. The van der Waals surface area contributed by atoms with Crippen molar-refractivity contribution in [3.8, 4) is 0 Å². The van der Waals surface area contributed by atoms with Crippen molar-refractivity contribution in [2.24, 2.45) is 16.3 Å². The summed E-state index contributed by atoms with van der Waals surface area (Å²) in [6.45, 7) is 1.42. The molecule has 2 atom stereocenters. The monoisotopic (exact) mass is 248 g/mol. The first kappa shape index (κ1) is 12.3. The third-order valence-corrected chi connectivity index (χ3v) is 3.03. The summed E-state index contributed by atoms with van der Waals surface area (Å²) >= 11 is 0. The zero-order chi connectivity index (χ0) is 13.3. The molecule has 0 saturated carbocycles. The number of rotatable bonds is 3. The van der Waals surface area contributed by atoms with Gasteiger partial charge in [-0.1, -0.05) is 35.5 Å². The normalized spacial score (nSPS) is 26.3. The van der Waals surface area contributed by atoms with Gasteiger partial charge in [0.2, 0.25) is 0 Å². The number of carboxylic acids is 1. The van der Waals surface area contributed by atoms with Gasteiger partial charge in [-0.25, -0.2) is 4.79 Å². The Morgan fingerprint density at radius 1 is 1.39 bits per heavy atom. The standard InChI is InChI=1S/C12H12N2O4/c1-12(8(10(16)17)14-18-11(12)13)9(15)7-5-3-2-4-6-7/h2-6,11H,13H2,1H3,(H,16,17). The minimum atomic E-state index is -1.48. The highest BCUT2D eigenvalue weighted by molar-refractivity contribution is 6.43. The van der Waals surface area contributed by atoms with E-state index in [9.17, 15) is 9.59 Å². The van der Waals surface area contributed by atoms with Crippen LogP contribution in [0.2, 0.25) is 0 Å². The van der Waals surface area contributed by atoms with Gasteiger partial charge in [0.15, 0.2) is 17.7 Å². The molecular weight excluding hydrogens is 236 g/mol. The number of carbonyl (C=O) groups is 2. The lowest BCUT2D eigenvalue weighted by atomic mass is 9.77. The summed E-state index contributed by atoms with van der Waals surface area (Å²) in [5.74, 6) is -1.73. The molecule has 6 heteroatoms. The van der Waals surface area contributed by atoms with Crippen molar-refractivity contribution < 1.29 is 19.5 Å². The van der Waals surface area contributed by atoms with Crippen LogP contribution in [0.4, 0.5) is 0 Å². The van der Waals surface area contributed by atoms with Gasteiger partial charge in [-0.2, -0.15) is 0 Å². The number of carboxylic acid groups (broad SMARTS) is 1. The van der Waals surface area contributed by atoms with Crippen molar-refractivity contribution in [3.63, 3.8) is 0 Å². The summed E-state index contributed by atoms with van der Waals surface area (Å²) in [5.41, 5.74) is 4.18. The molecule has 94 valence electrons. The molecular formula is C12H12N2O4. The van der Waals surface area contributed by atoms with Gasteiger partial charge in [0.05, 0.1) is 0 Å². The van der Waals surface area contributed by atoms with Crippen molar-refractivity contribution in [1.29, 1.82) is 0 Å². The van der Waals surface area contributed by atoms with Gasteiger partial charge >= 0.3 is 5.97 Å². The summed E-state index contributed by atoms with van der Waals surface area (Å²) in [7, 11) is 0. The van der Waals surface area contributed by atoms with Gasteiger partial charge < -0.3 is 9.94 Å². The van der Waals surface area contributed by atoms with Crippen molar-refractivity contribution >= 4 is 17.5 Å². The third kappa shape index (κ3) is 1.67. The number of ketones is 1. The van der Waals surface area contributed by atoms with Gasteiger partial charge in [0.1, 0.15) is 5.41 Å². The second-order valence-corrected chi connectivity index (χ2v) is 4.17. The maximum absolute atomic E-state index is 12.4. The fourth-order valence-electron chi connectivity index (χ4n) is 1.83. The van der Waals surface area contributed by atoms with Crippen LogP contribution in [0.25, 0.3) is 0 Å². The fourth-order valence-corrected chi connectivity index (χ4v) is 1.83. The van der Waals surface area contributed by atoms with Crippen LogP contribution in [0, 0.1) is 5.41 Å².